The van der Waals surface area contributed by atoms with Gasteiger partial charge in [0.1, 0.15) is 5.82 Å². The lowest BCUT2D eigenvalue weighted by Gasteiger charge is -2.37. The van der Waals surface area contributed by atoms with Gasteiger partial charge in [0.15, 0.2) is 5.79 Å². The van der Waals surface area contributed by atoms with E-state index in [1.165, 1.54) is 6.07 Å². The van der Waals surface area contributed by atoms with Crippen LogP contribution in [0, 0.1) is 5.82 Å². The van der Waals surface area contributed by atoms with Crippen molar-refractivity contribution >= 4 is 17.6 Å². The quantitative estimate of drug-likeness (QED) is 0.907. The number of hydrogen-bond acceptors (Lipinski definition) is 3. The minimum atomic E-state index is -0.501. The van der Waals surface area contributed by atoms with Crippen molar-refractivity contribution in [3.8, 4) is 0 Å². The van der Waals surface area contributed by atoms with Gasteiger partial charge in [-0.3, -0.25) is 0 Å². The van der Waals surface area contributed by atoms with Crippen LogP contribution in [-0.2, 0) is 16.0 Å². The fourth-order valence-electron chi connectivity index (χ4n) is 2.78. The summed E-state index contributed by atoms with van der Waals surface area (Å²) in [5, 5.41) is 3.07. The van der Waals surface area contributed by atoms with E-state index < -0.39 is 11.6 Å². The molecular weight excluding hydrogens is 311 g/mol. The molecule has 0 aromatic heterocycles. The summed E-state index contributed by atoms with van der Waals surface area (Å²) in [5.74, 6) is -0.919. The number of urea groups is 1. The minimum absolute atomic E-state index is 0.135. The second-order valence-electron chi connectivity index (χ2n) is 5.49. The number of piperidine rings is 1. The molecule has 2 amide bonds. The second kappa shape index (κ2) is 6.40. The minimum Gasteiger partial charge on any atom is -0.347 e. The third-order valence-corrected chi connectivity index (χ3v) is 4.31. The molecule has 2 aliphatic rings. The van der Waals surface area contributed by atoms with Gasteiger partial charge in [-0.1, -0.05) is 17.7 Å². The Balaban J connectivity index is 1.50. The number of amides is 2. The maximum atomic E-state index is 13.7. The number of ether oxygens (including phenoxy) is 2. The van der Waals surface area contributed by atoms with E-state index in [1.807, 2.05) is 0 Å². The molecule has 0 unspecified atom stereocenters. The van der Waals surface area contributed by atoms with Gasteiger partial charge in [0, 0.05) is 43.1 Å². The molecule has 120 valence electrons. The van der Waals surface area contributed by atoms with Gasteiger partial charge in [0.05, 0.1) is 13.2 Å². The van der Waals surface area contributed by atoms with Crippen LogP contribution in [0.1, 0.15) is 18.4 Å². The molecule has 7 heteroatoms. The number of benzene rings is 1. The molecular formula is C15H18ClFN2O3. The van der Waals surface area contributed by atoms with E-state index in [0.717, 1.165) is 0 Å². The summed E-state index contributed by atoms with van der Waals surface area (Å²) in [5.41, 5.74) is 0.411. The normalized spacial score (nSPS) is 20.4. The summed E-state index contributed by atoms with van der Waals surface area (Å²) in [6.07, 6.45) is 1.32. The summed E-state index contributed by atoms with van der Waals surface area (Å²) in [7, 11) is 0. The van der Waals surface area contributed by atoms with Crippen molar-refractivity contribution in [2.45, 2.75) is 25.2 Å². The smallest absolute Gasteiger partial charge is 0.317 e. The van der Waals surface area contributed by atoms with Gasteiger partial charge in [-0.05, 0) is 12.1 Å². The Hall–Kier alpha value is -1.37. The van der Waals surface area contributed by atoms with Gasteiger partial charge in [-0.25, -0.2) is 9.18 Å². The lowest BCUT2D eigenvalue weighted by atomic mass is 10.0. The van der Waals surface area contributed by atoms with Gasteiger partial charge in [0.2, 0.25) is 0 Å². The zero-order valence-electron chi connectivity index (χ0n) is 12.1. The van der Waals surface area contributed by atoms with Crippen LogP contribution in [0.4, 0.5) is 9.18 Å². The van der Waals surface area contributed by atoms with E-state index in [9.17, 15) is 9.18 Å². The van der Waals surface area contributed by atoms with Crippen LogP contribution in [0.3, 0.4) is 0 Å². The van der Waals surface area contributed by atoms with Crippen LogP contribution in [-0.4, -0.2) is 43.0 Å². The van der Waals surface area contributed by atoms with Gasteiger partial charge < -0.3 is 19.7 Å². The maximum absolute atomic E-state index is 13.7. The van der Waals surface area contributed by atoms with Crippen molar-refractivity contribution < 1.29 is 18.7 Å². The van der Waals surface area contributed by atoms with Gasteiger partial charge >= 0.3 is 6.03 Å². The van der Waals surface area contributed by atoms with E-state index in [4.69, 9.17) is 21.1 Å². The number of rotatable bonds is 2. The molecule has 2 heterocycles. The topological polar surface area (TPSA) is 50.8 Å². The van der Waals surface area contributed by atoms with Gasteiger partial charge in [-0.2, -0.15) is 0 Å². The summed E-state index contributed by atoms with van der Waals surface area (Å²) in [6.45, 7) is 2.49. The first-order chi connectivity index (χ1) is 10.6. The summed E-state index contributed by atoms with van der Waals surface area (Å²) in [4.78, 5) is 13.8. The highest BCUT2D eigenvalue weighted by Crippen LogP contribution is 2.31. The fourth-order valence-corrected chi connectivity index (χ4v) is 2.94. The van der Waals surface area contributed by atoms with Crippen molar-refractivity contribution in [1.29, 1.82) is 0 Å². The van der Waals surface area contributed by atoms with Gasteiger partial charge in [-0.15, -0.1) is 0 Å². The molecule has 0 bridgehead atoms. The molecule has 0 radical (unpaired) electrons. The zero-order valence-corrected chi connectivity index (χ0v) is 12.9. The Morgan fingerprint density at radius 3 is 2.64 bits per heavy atom. The highest BCUT2D eigenvalue weighted by atomic mass is 35.5. The number of likely N-dealkylation sites (tertiary alicyclic amines) is 1. The predicted molar refractivity (Wildman–Crippen MR) is 79.1 cm³/mol. The monoisotopic (exact) mass is 328 g/mol. The predicted octanol–water partition coefficient (Wildman–Crippen LogP) is 2.53. The van der Waals surface area contributed by atoms with E-state index >= 15 is 0 Å². The van der Waals surface area contributed by atoms with Crippen LogP contribution in [0.2, 0.25) is 5.02 Å². The summed E-state index contributed by atoms with van der Waals surface area (Å²) < 4.78 is 24.9. The maximum Gasteiger partial charge on any atom is 0.317 e. The standard InChI is InChI=1S/C15H18ClFN2O3/c16-12-2-1-11(13(17)9-12)10-18-14(20)19-5-3-15(4-6-19)21-7-8-22-15/h1-2,9H,3-8,10H2,(H,18,20). The zero-order chi connectivity index (χ0) is 15.6. The number of carbonyl (C=O) groups excluding carboxylic acids is 1. The molecule has 3 rings (SSSR count). The lowest BCUT2D eigenvalue weighted by molar-refractivity contribution is -0.181. The number of nitrogens with zero attached hydrogens (tertiary/aromatic N) is 1. The molecule has 0 aliphatic carbocycles. The molecule has 1 spiro atoms. The average molecular weight is 329 g/mol. The molecule has 1 aromatic carbocycles. The Bertz CT molecular complexity index is 554. The van der Waals surface area contributed by atoms with Crippen molar-refractivity contribution in [3.05, 3.63) is 34.6 Å². The third kappa shape index (κ3) is 3.34. The first-order valence-electron chi connectivity index (χ1n) is 7.33. The van der Waals surface area contributed by atoms with Crippen molar-refractivity contribution in [1.82, 2.24) is 10.2 Å². The second-order valence-corrected chi connectivity index (χ2v) is 5.93. The van der Waals surface area contributed by atoms with Crippen LogP contribution in [0.25, 0.3) is 0 Å². The van der Waals surface area contributed by atoms with Crippen molar-refractivity contribution in [3.63, 3.8) is 0 Å². The summed E-state index contributed by atoms with van der Waals surface area (Å²) in [6, 6.07) is 4.21. The van der Waals surface area contributed by atoms with E-state index in [2.05, 4.69) is 5.32 Å². The molecule has 0 saturated carbocycles. The molecule has 2 saturated heterocycles. The Morgan fingerprint density at radius 1 is 1.32 bits per heavy atom. The molecule has 2 aliphatic heterocycles. The van der Waals surface area contributed by atoms with Crippen molar-refractivity contribution in [2.75, 3.05) is 26.3 Å². The Labute approximate surface area is 133 Å². The van der Waals surface area contributed by atoms with Crippen molar-refractivity contribution in [2.24, 2.45) is 0 Å². The largest absolute Gasteiger partial charge is 0.347 e. The molecule has 22 heavy (non-hydrogen) atoms. The average Bonchev–Trinajstić information content (AvgIpc) is 2.95. The Kier molecular flexibility index (Phi) is 4.52. The number of hydrogen-bond donors (Lipinski definition) is 1. The number of nitrogens with one attached hydrogen (secondary N) is 1. The van der Waals surface area contributed by atoms with E-state index in [-0.39, 0.29) is 12.6 Å². The van der Waals surface area contributed by atoms with E-state index in [1.54, 1.807) is 17.0 Å². The molecule has 2 fully saturated rings. The first kappa shape index (κ1) is 15.5. The summed E-state index contributed by atoms with van der Waals surface area (Å²) >= 11 is 5.70. The molecule has 1 N–H and O–H groups in total. The first-order valence-corrected chi connectivity index (χ1v) is 7.70. The SMILES string of the molecule is O=C(NCc1ccc(Cl)cc1F)N1CCC2(CC1)OCCO2. The highest BCUT2D eigenvalue weighted by Gasteiger charge is 2.40. The molecule has 0 atom stereocenters. The van der Waals surface area contributed by atoms with Crippen LogP contribution in [0.15, 0.2) is 18.2 Å². The van der Waals surface area contributed by atoms with Gasteiger partial charge in [0.25, 0.3) is 0 Å². The van der Waals surface area contributed by atoms with Crippen LogP contribution < -0.4 is 5.32 Å². The lowest BCUT2D eigenvalue weighted by Crippen LogP contribution is -2.50. The number of halogens is 2. The van der Waals surface area contributed by atoms with Crippen LogP contribution in [0.5, 0.6) is 0 Å². The van der Waals surface area contributed by atoms with E-state index in [0.29, 0.717) is 49.7 Å². The number of carbonyl (C=O) groups is 1. The molecule has 1 aromatic rings. The third-order valence-electron chi connectivity index (χ3n) is 4.07. The van der Waals surface area contributed by atoms with Crippen LogP contribution >= 0.6 is 11.6 Å². The molecule has 5 nitrogen and oxygen atoms in total. The fraction of sp³-hybridized carbons (Fsp3) is 0.533. The Morgan fingerprint density at radius 2 is 2.00 bits per heavy atom. The highest BCUT2D eigenvalue weighted by molar-refractivity contribution is 6.30.